The molecule has 1 amide bonds. The van der Waals surface area contributed by atoms with Gasteiger partial charge in [0, 0.05) is 18.7 Å². The van der Waals surface area contributed by atoms with Gasteiger partial charge in [0.1, 0.15) is 0 Å². The highest BCUT2D eigenvalue weighted by atomic mass is 35.5. The van der Waals surface area contributed by atoms with Crippen LogP contribution in [-0.4, -0.2) is 13.0 Å². The molecule has 0 saturated carbocycles. The molecular weight excluding hydrogens is 315 g/mol. The maximum atomic E-state index is 11.6. The minimum Gasteiger partial charge on any atom is -0.377 e. The van der Waals surface area contributed by atoms with E-state index in [0.717, 1.165) is 15.6 Å². The largest absolute Gasteiger partial charge is 0.377 e. The van der Waals surface area contributed by atoms with E-state index in [1.807, 2.05) is 18.4 Å². The van der Waals surface area contributed by atoms with Crippen molar-refractivity contribution >= 4 is 46.1 Å². The highest BCUT2D eigenvalue weighted by Crippen LogP contribution is 2.30. The first kappa shape index (κ1) is 15.2. The van der Waals surface area contributed by atoms with Crippen molar-refractivity contribution in [1.29, 1.82) is 0 Å². The molecule has 1 heterocycles. The summed E-state index contributed by atoms with van der Waals surface area (Å²) in [5, 5.41) is 8.46. The van der Waals surface area contributed by atoms with E-state index in [2.05, 4.69) is 10.6 Å². The summed E-state index contributed by atoms with van der Waals surface area (Å²) in [5.74, 6) is -0.143. The Morgan fingerprint density at radius 3 is 2.65 bits per heavy atom. The van der Waals surface area contributed by atoms with E-state index in [-0.39, 0.29) is 11.9 Å². The zero-order valence-corrected chi connectivity index (χ0v) is 13.4. The van der Waals surface area contributed by atoms with Gasteiger partial charge in [0.2, 0.25) is 0 Å². The zero-order valence-electron chi connectivity index (χ0n) is 11.0. The summed E-state index contributed by atoms with van der Waals surface area (Å²) in [6.45, 7) is 2.02. The van der Waals surface area contributed by atoms with Crippen LogP contribution in [0.25, 0.3) is 0 Å². The fraction of sp³-hybridized carbons (Fsp3) is 0.214. The van der Waals surface area contributed by atoms with E-state index in [9.17, 15) is 4.79 Å². The number of rotatable bonds is 4. The van der Waals surface area contributed by atoms with Crippen molar-refractivity contribution in [2.75, 3.05) is 12.4 Å². The summed E-state index contributed by atoms with van der Waals surface area (Å²) >= 11 is 13.6. The number of carbonyl (C=O) groups excluding carboxylic acids is 1. The Labute approximate surface area is 131 Å². The summed E-state index contributed by atoms with van der Waals surface area (Å²) in [4.78, 5) is 11.6. The van der Waals surface area contributed by atoms with Crippen molar-refractivity contribution in [2.45, 2.75) is 13.0 Å². The molecule has 0 aliphatic rings. The molecule has 0 bridgehead atoms. The van der Waals surface area contributed by atoms with Crippen LogP contribution in [0, 0.1) is 0 Å². The number of nitrogens with one attached hydrogen (secondary N) is 2. The fourth-order valence-electron chi connectivity index (χ4n) is 1.79. The number of anilines is 1. The first-order chi connectivity index (χ1) is 9.51. The molecule has 20 heavy (non-hydrogen) atoms. The SMILES string of the molecule is CNC(=O)c1ccc(Cl)c(NC(C)c2csc(Cl)c2)c1. The van der Waals surface area contributed by atoms with Gasteiger partial charge in [0.15, 0.2) is 0 Å². The van der Waals surface area contributed by atoms with E-state index in [1.165, 1.54) is 11.3 Å². The van der Waals surface area contributed by atoms with E-state index in [0.29, 0.717) is 10.6 Å². The molecule has 0 saturated heterocycles. The molecule has 2 rings (SSSR count). The van der Waals surface area contributed by atoms with Crippen LogP contribution in [0.15, 0.2) is 29.6 Å². The lowest BCUT2D eigenvalue weighted by Crippen LogP contribution is -2.18. The molecule has 2 aromatic rings. The van der Waals surface area contributed by atoms with Gasteiger partial charge in [-0.3, -0.25) is 4.79 Å². The third kappa shape index (κ3) is 3.45. The zero-order chi connectivity index (χ0) is 14.7. The monoisotopic (exact) mass is 328 g/mol. The van der Waals surface area contributed by atoms with Gasteiger partial charge in [-0.2, -0.15) is 0 Å². The second-order valence-corrected chi connectivity index (χ2v) is 6.27. The van der Waals surface area contributed by atoms with Crippen molar-refractivity contribution in [3.8, 4) is 0 Å². The highest BCUT2D eigenvalue weighted by molar-refractivity contribution is 7.14. The molecule has 1 unspecified atom stereocenters. The van der Waals surface area contributed by atoms with E-state index in [1.54, 1.807) is 25.2 Å². The van der Waals surface area contributed by atoms with Crippen LogP contribution >= 0.6 is 34.5 Å². The predicted molar refractivity (Wildman–Crippen MR) is 86.2 cm³/mol. The third-order valence-electron chi connectivity index (χ3n) is 2.92. The summed E-state index contributed by atoms with van der Waals surface area (Å²) in [6.07, 6.45) is 0. The third-order valence-corrected chi connectivity index (χ3v) is 4.35. The quantitative estimate of drug-likeness (QED) is 0.861. The average molecular weight is 329 g/mol. The molecule has 3 nitrogen and oxygen atoms in total. The number of benzene rings is 1. The van der Waals surface area contributed by atoms with Crippen LogP contribution in [0.4, 0.5) is 5.69 Å². The van der Waals surface area contributed by atoms with Gasteiger partial charge in [-0.1, -0.05) is 23.2 Å². The Bertz CT molecular complexity index is 627. The van der Waals surface area contributed by atoms with Gasteiger partial charge < -0.3 is 10.6 Å². The molecular formula is C14H14Cl2N2OS. The number of thiophene rings is 1. The second-order valence-electron chi connectivity index (χ2n) is 4.32. The molecule has 2 N–H and O–H groups in total. The molecule has 1 aromatic carbocycles. The lowest BCUT2D eigenvalue weighted by atomic mass is 10.1. The van der Waals surface area contributed by atoms with Gasteiger partial charge in [-0.05, 0) is 42.1 Å². The van der Waals surface area contributed by atoms with Crippen LogP contribution in [-0.2, 0) is 0 Å². The molecule has 0 fully saturated rings. The molecule has 106 valence electrons. The summed E-state index contributed by atoms with van der Waals surface area (Å²) in [5.41, 5.74) is 2.37. The first-order valence-corrected chi connectivity index (χ1v) is 7.67. The fourth-order valence-corrected chi connectivity index (χ4v) is 2.95. The van der Waals surface area contributed by atoms with Crippen molar-refractivity contribution < 1.29 is 4.79 Å². The summed E-state index contributed by atoms with van der Waals surface area (Å²) in [7, 11) is 1.60. The number of carbonyl (C=O) groups is 1. The topological polar surface area (TPSA) is 41.1 Å². The Kier molecular flexibility index (Phi) is 4.91. The number of hydrogen-bond donors (Lipinski definition) is 2. The first-order valence-electron chi connectivity index (χ1n) is 6.03. The molecule has 0 radical (unpaired) electrons. The minimum absolute atomic E-state index is 0.0520. The number of halogens is 2. The normalized spacial score (nSPS) is 12.0. The lowest BCUT2D eigenvalue weighted by Gasteiger charge is -2.16. The van der Waals surface area contributed by atoms with Crippen molar-refractivity contribution in [3.63, 3.8) is 0 Å². The van der Waals surface area contributed by atoms with Crippen LogP contribution in [0.2, 0.25) is 9.36 Å². The summed E-state index contributed by atoms with van der Waals surface area (Å²) < 4.78 is 0.749. The van der Waals surface area contributed by atoms with Crippen molar-refractivity contribution in [3.05, 3.63) is 50.1 Å². The van der Waals surface area contributed by atoms with Crippen molar-refractivity contribution in [1.82, 2.24) is 5.32 Å². The smallest absolute Gasteiger partial charge is 0.251 e. The van der Waals surface area contributed by atoms with E-state index >= 15 is 0 Å². The molecule has 6 heteroatoms. The van der Waals surface area contributed by atoms with Crippen LogP contribution in [0.1, 0.15) is 28.9 Å². The van der Waals surface area contributed by atoms with Gasteiger partial charge in [-0.25, -0.2) is 0 Å². The molecule has 1 atom stereocenters. The molecule has 0 spiro atoms. The lowest BCUT2D eigenvalue weighted by molar-refractivity contribution is 0.0963. The van der Waals surface area contributed by atoms with E-state index in [4.69, 9.17) is 23.2 Å². The molecule has 0 aliphatic carbocycles. The van der Waals surface area contributed by atoms with Gasteiger partial charge in [-0.15, -0.1) is 11.3 Å². The van der Waals surface area contributed by atoms with Gasteiger partial charge >= 0.3 is 0 Å². The van der Waals surface area contributed by atoms with Gasteiger partial charge in [0.05, 0.1) is 15.0 Å². The maximum Gasteiger partial charge on any atom is 0.251 e. The minimum atomic E-state index is -0.143. The number of amides is 1. The average Bonchev–Trinajstić information content (AvgIpc) is 2.87. The van der Waals surface area contributed by atoms with E-state index < -0.39 is 0 Å². The molecule has 0 aliphatic heterocycles. The Morgan fingerprint density at radius 2 is 2.05 bits per heavy atom. The Hall–Kier alpha value is -1.23. The highest BCUT2D eigenvalue weighted by Gasteiger charge is 2.12. The number of hydrogen-bond acceptors (Lipinski definition) is 3. The maximum absolute atomic E-state index is 11.6. The van der Waals surface area contributed by atoms with Crippen LogP contribution in [0.3, 0.4) is 0 Å². The van der Waals surface area contributed by atoms with Crippen molar-refractivity contribution in [2.24, 2.45) is 0 Å². The Morgan fingerprint density at radius 1 is 1.30 bits per heavy atom. The van der Waals surface area contributed by atoms with Crippen LogP contribution < -0.4 is 10.6 Å². The predicted octanol–water partition coefficient (Wildman–Crippen LogP) is 4.59. The second kappa shape index (κ2) is 6.48. The molecule has 1 aromatic heterocycles. The van der Waals surface area contributed by atoms with Gasteiger partial charge in [0.25, 0.3) is 5.91 Å². The Balaban J connectivity index is 2.22. The van der Waals surface area contributed by atoms with Crippen LogP contribution in [0.5, 0.6) is 0 Å². The standard InChI is InChI=1S/C14H14Cl2N2OS/c1-8(10-6-13(16)20-7-10)18-12-5-9(14(19)17-2)3-4-11(12)15/h3-8,18H,1-2H3,(H,17,19). The summed E-state index contributed by atoms with van der Waals surface area (Å²) in [6, 6.07) is 7.11.